The summed E-state index contributed by atoms with van der Waals surface area (Å²) in [5.41, 5.74) is 9.60. The van der Waals surface area contributed by atoms with Gasteiger partial charge in [-0.05, 0) is 30.3 Å². The first-order chi connectivity index (χ1) is 16.3. The summed E-state index contributed by atoms with van der Waals surface area (Å²) in [7, 11) is 1.55. The van der Waals surface area contributed by atoms with E-state index in [-0.39, 0.29) is 11.4 Å². The Bertz CT molecular complexity index is 1340. The molecule has 3 heterocycles. The van der Waals surface area contributed by atoms with Crippen LogP contribution in [0.1, 0.15) is 31.7 Å². The lowest BCUT2D eigenvalue weighted by Gasteiger charge is -2.21. The molecular weight excluding hydrogens is 454 g/mol. The van der Waals surface area contributed by atoms with Gasteiger partial charge in [-0.1, -0.05) is 42.8 Å². The van der Waals surface area contributed by atoms with Crippen LogP contribution in [0.4, 0.5) is 5.95 Å². The molecule has 0 saturated carbocycles. The fourth-order valence-electron chi connectivity index (χ4n) is 3.57. The quantitative estimate of drug-likeness (QED) is 0.378. The van der Waals surface area contributed by atoms with Crippen molar-refractivity contribution in [2.45, 2.75) is 32.2 Å². The van der Waals surface area contributed by atoms with Gasteiger partial charge in [-0.3, -0.25) is 4.98 Å². The summed E-state index contributed by atoms with van der Waals surface area (Å²) in [6.07, 6.45) is 3.08. The maximum Gasteiger partial charge on any atom is 0.221 e. The van der Waals surface area contributed by atoms with Crippen LogP contribution >= 0.6 is 11.6 Å². The molecule has 9 nitrogen and oxygen atoms in total. The van der Waals surface area contributed by atoms with Gasteiger partial charge < -0.3 is 15.3 Å². The predicted molar refractivity (Wildman–Crippen MR) is 130 cm³/mol. The number of ether oxygens (including phenoxy) is 1. The van der Waals surface area contributed by atoms with E-state index in [1.165, 1.54) is 0 Å². The van der Waals surface area contributed by atoms with E-state index in [1.54, 1.807) is 30.1 Å². The third-order valence-corrected chi connectivity index (χ3v) is 5.71. The summed E-state index contributed by atoms with van der Waals surface area (Å²) >= 11 is 6.26. The Labute approximate surface area is 202 Å². The molecule has 0 saturated heterocycles. The van der Waals surface area contributed by atoms with Crippen molar-refractivity contribution in [3.8, 4) is 28.4 Å². The Hall–Kier alpha value is -3.85. The molecule has 0 bridgehead atoms. The molecule has 0 fully saturated rings. The third kappa shape index (κ3) is 4.89. The molecule has 174 valence electrons. The van der Waals surface area contributed by atoms with Crippen LogP contribution in [0.5, 0.6) is 5.75 Å². The van der Waals surface area contributed by atoms with Gasteiger partial charge in [-0.25, -0.2) is 14.6 Å². The fourth-order valence-corrected chi connectivity index (χ4v) is 3.82. The zero-order valence-electron chi connectivity index (χ0n) is 19.1. The number of methoxy groups -OCH3 is 1. The van der Waals surface area contributed by atoms with Crippen LogP contribution in [-0.2, 0) is 16.8 Å². The molecule has 0 amide bonds. The van der Waals surface area contributed by atoms with Crippen LogP contribution in [0.2, 0.25) is 5.02 Å². The van der Waals surface area contributed by atoms with Crippen LogP contribution in [-0.4, -0.2) is 43.3 Å². The topological polar surface area (TPSA) is 122 Å². The van der Waals surface area contributed by atoms with E-state index in [4.69, 9.17) is 27.1 Å². The molecule has 0 aliphatic carbocycles. The Morgan fingerprint density at radius 3 is 2.62 bits per heavy atom. The van der Waals surface area contributed by atoms with Crippen molar-refractivity contribution in [1.29, 1.82) is 0 Å². The lowest BCUT2D eigenvalue weighted by atomic mass is 9.86. The van der Waals surface area contributed by atoms with Gasteiger partial charge in [0.1, 0.15) is 17.7 Å². The van der Waals surface area contributed by atoms with Crippen LogP contribution in [0.25, 0.3) is 22.6 Å². The minimum absolute atomic E-state index is 0.0934. The van der Waals surface area contributed by atoms with E-state index in [1.807, 2.05) is 44.2 Å². The second-order valence-corrected chi connectivity index (χ2v) is 8.79. The lowest BCUT2D eigenvalue weighted by molar-refractivity contribution is -0.108. The number of pyridine rings is 1. The molecule has 0 unspecified atom stereocenters. The maximum atomic E-state index is 11.0. The number of nitrogens with zero attached hydrogens (tertiary/aromatic N) is 6. The largest absolute Gasteiger partial charge is 0.494 e. The second kappa shape index (κ2) is 9.56. The summed E-state index contributed by atoms with van der Waals surface area (Å²) in [6, 6.07) is 12.9. The monoisotopic (exact) mass is 477 g/mol. The smallest absolute Gasteiger partial charge is 0.221 e. The van der Waals surface area contributed by atoms with E-state index in [9.17, 15) is 4.79 Å². The first-order valence-corrected chi connectivity index (χ1v) is 11.0. The first-order valence-electron chi connectivity index (χ1n) is 10.6. The van der Waals surface area contributed by atoms with Gasteiger partial charge in [-0.15, -0.1) is 5.10 Å². The minimum Gasteiger partial charge on any atom is -0.494 e. The Kier molecular flexibility index (Phi) is 6.56. The number of carbonyl (C=O) groups excluding carboxylic acids is 1. The number of benzene rings is 1. The zero-order valence-corrected chi connectivity index (χ0v) is 19.8. The third-order valence-electron chi connectivity index (χ3n) is 5.41. The number of carbonyl (C=O) groups is 1. The lowest BCUT2D eigenvalue weighted by Crippen LogP contribution is -2.20. The fraction of sp³-hybridized carbons (Fsp3) is 0.250. The number of hydrogen-bond acceptors (Lipinski definition) is 8. The number of rotatable bonds is 8. The Balaban J connectivity index is 1.63. The average Bonchev–Trinajstić information content (AvgIpc) is 3.27. The van der Waals surface area contributed by atoms with Gasteiger partial charge in [0.05, 0.1) is 42.0 Å². The Morgan fingerprint density at radius 1 is 1.09 bits per heavy atom. The van der Waals surface area contributed by atoms with Crippen molar-refractivity contribution in [3.63, 3.8) is 0 Å². The predicted octanol–water partition coefficient (Wildman–Crippen LogP) is 3.96. The van der Waals surface area contributed by atoms with Crippen LogP contribution in [0.15, 0.2) is 48.7 Å². The summed E-state index contributed by atoms with van der Waals surface area (Å²) in [5.74, 6) is 0.594. The summed E-state index contributed by atoms with van der Waals surface area (Å²) in [6.45, 7) is 4.40. The number of anilines is 1. The SMILES string of the molecule is COc1c(Cl)cccc1-c1cc(-c2cn(Cc3cccc(C(C)(C)CC=O)n3)nn2)nc(N)n1. The van der Waals surface area contributed by atoms with E-state index in [2.05, 4.69) is 20.3 Å². The zero-order chi connectivity index (χ0) is 24.3. The van der Waals surface area contributed by atoms with Crippen LogP contribution in [0.3, 0.4) is 0 Å². The molecule has 0 spiro atoms. The summed E-state index contributed by atoms with van der Waals surface area (Å²) in [5, 5.41) is 8.94. The first kappa shape index (κ1) is 23.3. The highest BCUT2D eigenvalue weighted by molar-refractivity contribution is 6.32. The number of nitrogens with two attached hydrogens (primary N) is 1. The maximum absolute atomic E-state index is 11.0. The molecule has 4 rings (SSSR count). The van der Waals surface area contributed by atoms with Crippen molar-refractivity contribution >= 4 is 23.8 Å². The molecule has 4 aromatic rings. The highest BCUT2D eigenvalue weighted by Gasteiger charge is 2.22. The van der Waals surface area contributed by atoms with E-state index < -0.39 is 0 Å². The Morgan fingerprint density at radius 2 is 1.85 bits per heavy atom. The summed E-state index contributed by atoms with van der Waals surface area (Å²) < 4.78 is 7.12. The minimum atomic E-state index is -0.346. The number of halogens is 1. The van der Waals surface area contributed by atoms with Crippen molar-refractivity contribution in [2.24, 2.45) is 0 Å². The number of nitrogen functional groups attached to an aromatic ring is 1. The van der Waals surface area contributed by atoms with E-state index in [0.29, 0.717) is 46.4 Å². The van der Waals surface area contributed by atoms with Crippen molar-refractivity contribution in [1.82, 2.24) is 29.9 Å². The number of aldehydes is 1. The molecular formula is C24H24ClN7O2. The molecule has 3 aromatic heterocycles. The number of para-hydroxylation sites is 1. The molecule has 1 aromatic carbocycles. The van der Waals surface area contributed by atoms with E-state index in [0.717, 1.165) is 17.7 Å². The molecule has 0 aliphatic heterocycles. The number of aromatic nitrogens is 6. The highest BCUT2D eigenvalue weighted by Crippen LogP contribution is 2.36. The standard InChI is InChI=1S/C24H24ClN7O2/c1-24(2,10-11-33)21-9-4-6-15(27-21)13-32-14-20(30-31-32)19-12-18(28-23(26)29-19)16-7-5-8-17(25)22(16)34-3/h4-9,11-12,14H,10,13H2,1-3H3,(H2,26,28,29). The van der Waals surface area contributed by atoms with Gasteiger partial charge in [0.2, 0.25) is 5.95 Å². The molecule has 34 heavy (non-hydrogen) atoms. The van der Waals surface area contributed by atoms with Gasteiger partial charge >= 0.3 is 0 Å². The molecule has 0 aliphatic rings. The highest BCUT2D eigenvalue weighted by atomic mass is 35.5. The second-order valence-electron chi connectivity index (χ2n) is 8.39. The molecule has 2 N–H and O–H groups in total. The summed E-state index contributed by atoms with van der Waals surface area (Å²) in [4.78, 5) is 24.4. The number of hydrogen-bond donors (Lipinski definition) is 1. The van der Waals surface area contributed by atoms with Crippen molar-refractivity contribution in [2.75, 3.05) is 12.8 Å². The van der Waals surface area contributed by atoms with Gasteiger partial charge in [0.25, 0.3) is 0 Å². The normalized spacial score (nSPS) is 11.4. The molecule has 10 heteroatoms. The molecule has 0 radical (unpaired) electrons. The van der Waals surface area contributed by atoms with E-state index >= 15 is 0 Å². The van der Waals surface area contributed by atoms with Gasteiger partial charge in [0.15, 0.2) is 0 Å². The van der Waals surface area contributed by atoms with Gasteiger partial charge in [-0.2, -0.15) is 0 Å². The van der Waals surface area contributed by atoms with Crippen LogP contribution < -0.4 is 10.5 Å². The average molecular weight is 478 g/mol. The van der Waals surface area contributed by atoms with Gasteiger partial charge in [0, 0.05) is 23.1 Å². The molecule has 0 atom stereocenters. The van der Waals surface area contributed by atoms with Crippen LogP contribution in [0, 0.1) is 0 Å². The van der Waals surface area contributed by atoms with Crippen molar-refractivity contribution < 1.29 is 9.53 Å². The van der Waals surface area contributed by atoms with Crippen molar-refractivity contribution in [3.05, 3.63) is 65.1 Å².